The Balaban J connectivity index is 1.47. The van der Waals surface area contributed by atoms with E-state index in [1.165, 1.54) is 0 Å². The van der Waals surface area contributed by atoms with Gasteiger partial charge in [-0.15, -0.1) is 0 Å². The number of benzene rings is 2. The lowest BCUT2D eigenvalue weighted by Crippen LogP contribution is -2.34. The fraction of sp³-hybridized carbons (Fsp3) is 0.263. The van der Waals surface area contributed by atoms with Gasteiger partial charge in [0.05, 0.1) is 0 Å². The van der Waals surface area contributed by atoms with Crippen LogP contribution in [0.1, 0.15) is 24.0 Å². The van der Waals surface area contributed by atoms with Crippen molar-refractivity contribution in [3.63, 3.8) is 0 Å². The van der Waals surface area contributed by atoms with E-state index in [1.54, 1.807) is 11.0 Å². The van der Waals surface area contributed by atoms with Crippen LogP contribution in [0.3, 0.4) is 0 Å². The van der Waals surface area contributed by atoms with Gasteiger partial charge in [0.15, 0.2) is 0 Å². The topological polar surface area (TPSA) is 61.4 Å². The van der Waals surface area contributed by atoms with Crippen molar-refractivity contribution in [3.05, 3.63) is 64.7 Å². The Hall–Kier alpha value is -2.53. The number of hydrogen-bond donors (Lipinski definition) is 2. The molecule has 0 radical (unpaired) electrons. The Labute approximate surface area is 152 Å². The molecule has 5 nitrogen and oxygen atoms in total. The fourth-order valence-electron chi connectivity index (χ4n) is 2.78. The Morgan fingerprint density at radius 1 is 1.04 bits per heavy atom. The van der Waals surface area contributed by atoms with E-state index in [2.05, 4.69) is 10.6 Å². The maximum atomic E-state index is 11.9. The van der Waals surface area contributed by atoms with Crippen molar-refractivity contribution >= 4 is 29.2 Å². The number of amides is 3. The minimum absolute atomic E-state index is 0.171. The van der Waals surface area contributed by atoms with Crippen LogP contribution < -0.4 is 15.5 Å². The molecule has 1 saturated heterocycles. The summed E-state index contributed by atoms with van der Waals surface area (Å²) in [6.45, 7) is 1.57. The molecule has 0 unspecified atom stereocenters. The fourth-order valence-corrected chi connectivity index (χ4v) is 2.98. The van der Waals surface area contributed by atoms with Crippen molar-refractivity contribution in [1.82, 2.24) is 10.6 Å². The lowest BCUT2D eigenvalue weighted by molar-refractivity contribution is -0.117. The SMILES string of the molecule is O=C(NCc1ccc(N2CCCC2=O)cc1)NCc1ccccc1Cl. The third kappa shape index (κ3) is 4.51. The number of urea groups is 1. The summed E-state index contributed by atoms with van der Waals surface area (Å²) in [5.74, 6) is 0.171. The Morgan fingerprint density at radius 3 is 2.44 bits per heavy atom. The summed E-state index contributed by atoms with van der Waals surface area (Å²) in [4.78, 5) is 25.4. The number of hydrogen-bond acceptors (Lipinski definition) is 2. The molecule has 1 aliphatic heterocycles. The van der Waals surface area contributed by atoms with Crippen LogP contribution in [0.5, 0.6) is 0 Å². The van der Waals surface area contributed by atoms with Crippen LogP contribution in [0.15, 0.2) is 48.5 Å². The number of halogens is 1. The average Bonchev–Trinajstić information content (AvgIpc) is 3.06. The van der Waals surface area contributed by atoms with Crippen LogP contribution in [-0.2, 0) is 17.9 Å². The molecule has 0 bridgehead atoms. The molecule has 2 N–H and O–H groups in total. The van der Waals surface area contributed by atoms with Crippen molar-refractivity contribution in [3.8, 4) is 0 Å². The molecule has 2 aromatic rings. The maximum Gasteiger partial charge on any atom is 0.315 e. The largest absolute Gasteiger partial charge is 0.334 e. The highest BCUT2D eigenvalue weighted by molar-refractivity contribution is 6.31. The van der Waals surface area contributed by atoms with Crippen LogP contribution in [0.2, 0.25) is 5.02 Å². The number of nitrogens with zero attached hydrogens (tertiary/aromatic N) is 1. The molecule has 130 valence electrons. The Kier molecular flexibility index (Phi) is 5.56. The van der Waals surface area contributed by atoms with Gasteiger partial charge in [-0.3, -0.25) is 4.79 Å². The van der Waals surface area contributed by atoms with Crippen molar-refractivity contribution in [2.45, 2.75) is 25.9 Å². The predicted octanol–water partition coefficient (Wildman–Crippen LogP) is 3.47. The van der Waals surface area contributed by atoms with Gasteiger partial charge in [-0.05, 0) is 35.7 Å². The highest BCUT2D eigenvalue weighted by Crippen LogP contribution is 2.21. The normalized spacial score (nSPS) is 13.8. The van der Waals surface area contributed by atoms with E-state index in [0.29, 0.717) is 24.5 Å². The number of rotatable bonds is 5. The zero-order chi connectivity index (χ0) is 17.6. The van der Waals surface area contributed by atoms with Crippen molar-refractivity contribution < 1.29 is 9.59 Å². The Morgan fingerprint density at radius 2 is 1.76 bits per heavy atom. The van der Waals surface area contributed by atoms with Gasteiger partial charge in [-0.1, -0.05) is 41.9 Å². The van der Waals surface area contributed by atoms with Crippen LogP contribution in [0.4, 0.5) is 10.5 Å². The summed E-state index contributed by atoms with van der Waals surface area (Å²) in [6.07, 6.45) is 1.53. The molecule has 2 aromatic carbocycles. The molecule has 3 rings (SSSR count). The van der Waals surface area contributed by atoms with Crippen LogP contribution in [-0.4, -0.2) is 18.5 Å². The molecular formula is C19H20ClN3O2. The van der Waals surface area contributed by atoms with Crippen molar-refractivity contribution in [2.75, 3.05) is 11.4 Å². The van der Waals surface area contributed by atoms with Gasteiger partial charge in [-0.25, -0.2) is 4.79 Å². The first-order chi connectivity index (χ1) is 12.1. The molecule has 0 spiro atoms. The summed E-state index contributed by atoms with van der Waals surface area (Å²) in [6, 6.07) is 14.8. The highest BCUT2D eigenvalue weighted by Gasteiger charge is 2.21. The third-order valence-electron chi connectivity index (χ3n) is 4.17. The van der Waals surface area contributed by atoms with Crippen LogP contribution in [0, 0.1) is 0 Å². The minimum Gasteiger partial charge on any atom is -0.334 e. The van der Waals surface area contributed by atoms with Crippen LogP contribution >= 0.6 is 11.6 Å². The van der Waals surface area contributed by atoms with Crippen LogP contribution in [0.25, 0.3) is 0 Å². The minimum atomic E-state index is -0.251. The number of nitrogens with one attached hydrogen (secondary N) is 2. The van der Waals surface area contributed by atoms with E-state index in [4.69, 9.17) is 11.6 Å². The molecule has 3 amide bonds. The molecule has 1 fully saturated rings. The van der Waals surface area contributed by atoms with E-state index >= 15 is 0 Å². The second-order valence-electron chi connectivity index (χ2n) is 5.94. The van der Waals surface area contributed by atoms with Gasteiger partial charge in [-0.2, -0.15) is 0 Å². The molecule has 25 heavy (non-hydrogen) atoms. The third-order valence-corrected chi connectivity index (χ3v) is 4.54. The Bertz CT molecular complexity index is 762. The maximum absolute atomic E-state index is 11.9. The predicted molar refractivity (Wildman–Crippen MR) is 98.6 cm³/mol. The second kappa shape index (κ2) is 8.03. The van der Waals surface area contributed by atoms with E-state index in [0.717, 1.165) is 29.8 Å². The van der Waals surface area contributed by atoms with Gasteiger partial charge < -0.3 is 15.5 Å². The first-order valence-corrected chi connectivity index (χ1v) is 8.66. The molecule has 6 heteroatoms. The summed E-state index contributed by atoms with van der Waals surface area (Å²) >= 11 is 6.06. The first-order valence-electron chi connectivity index (χ1n) is 8.28. The van der Waals surface area contributed by atoms with Gasteiger partial charge in [0, 0.05) is 36.8 Å². The summed E-state index contributed by atoms with van der Waals surface area (Å²) < 4.78 is 0. The summed E-state index contributed by atoms with van der Waals surface area (Å²) in [5.41, 5.74) is 2.76. The van der Waals surface area contributed by atoms with Crippen molar-refractivity contribution in [2.24, 2.45) is 0 Å². The quantitative estimate of drug-likeness (QED) is 0.860. The first kappa shape index (κ1) is 17.3. The van der Waals surface area contributed by atoms with E-state index in [9.17, 15) is 9.59 Å². The zero-order valence-corrected chi connectivity index (χ0v) is 14.6. The average molecular weight is 358 g/mol. The molecule has 0 atom stereocenters. The monoisotopic (exact) mass is 357 g/mol. The lowest BCUT2D eigenvalue weighted by atomic mass is 10.2. The van der Waals surface area contributed by atoms with Gasteiger partial charge in [0.2, 0.25) is 5.91 Å². The van der Waals surface area contributed by atoms with Crippen molar-refractivity contribution in [1.29, 1.82) is 0 Å². The van der Waals surface area contributed by atoms with Gasteiger partial charge in [0.1, 0.15) is 0 Å². The molecule has 1 heterocycles. The van der Waals surface area contributed by atoms with E-state index in [-0.39, 0.29) is 11.9 Å². The number of carbonyl (C=O) groups is 2. The van der Waals surface area contributed by atoms with Gasteiger partial charge in [0.25, 0.3) is 0 Å². The smallest absolute Gasteiger partial charge is 0.315 e. The molecule has 1 aliphatic rings. The summed E-state index contributed by atoms with van der Waals surface area (Å²) in [7, 11) is 0. The lowest BCUT2D eigenvalue weighted by Gasteiger charge is -2.16. The molecule has 0 aliphatic carbocycles. The van der Waals surface area contributed by atoms with Gasteiger partial charge >= 0.3 is 6.03 Å². The standard InChI is InChI=1S/C19H20ClN3O2/c20-17-5-2-1-4-15(17)13-22-19(25)21-12-14-7-9-16(10-8-14)23-11-3-6-18(23)24/h1-2,4-5,7-10H,3,6,11-13H2,(H2,21,22,25). The highest BCUT2D eigenvalue weighted by atomic mass is 35.5. The second-order valence-corrected chi connectivity index (χ2v) is 6.35. The summed E-state index contributed by atoms with van der Waals surface area (Å²) in [5, 5.41) is 6.23. The number of carbonyl (C=O) groups excluding carboxylic acids is 2. The number of anilines is 1. The molecule has 0 aromatic heterocycles. The molecule has 0 saturated carbocycles. The van der Waals surface area contributed by atoms with E-state index in [1.807, 2.05) is 42.5 Å². The zero-order valence-electron chi connectivity index (χ0n) is 13.8. The molecular weight excluding hydrogens is 338 g/mol. The van der Waals surface area contributed by atoms with E-state index < -0.39 is 0 Å².